The molecule has 0 radical (unpaired) electrons. The fourth-order valence-electron chi connectivity index (χ4n) is 1.66. The van der Waals surface area contributed by atoms with E-state index in [2.05, 4.69) is 20.2 Å². The smallest absolute Gasteiger partial charge is 0.257 e. The summed E-state index contributed by atoms with van der Waals surface area (Å²) < 4.78 is 24.1. The normalized spacial score (nSPS) is 10.9. The summed E-state index contributed by atoms with van der Waals surface area (Å²) >= 11 is 0. The van der Waals surface area contributed by atoms with Crippen LogP contribution < -0.4 is 10.3 Å². The van der Waals surface area contributed by atoms with Crippen molar-refractivity contribution in [1.29, 1.82) is 5.26 Å². The van der Waals surface area contributed by atoms with Gasteiger partial charge in [0.05, 0.1) is 16.5 Å². The largest absolute Gasteiger partial charge is 0.276 e. The van der Waals surface area contributed by atoms with Crippen LogP contribution in [0.4, 0.5) is 5.95 Å². The van der Waals surface area contributed by atoms with Crippen molar-refractivity contribution >= 4 is 16.0 Å². The van der Waals surface area contributed by atoms with Crippen molar-refractivity contribution in [3.8, 4) is 6.07 Å². The zero-order valence-electron chi connectivity index (χ0n) is 11.5. The number of sulfonamides is 1. The third-order valence-corrected chi connectivity index (χ3v) is 3.84. The number of aryl methyl sites for hydroxylation is 2. The number of hydrazine groups is 1. The molecule has 0 aliphatic rings. The summed E-state index contributed by atoms with van der Waals surface area (Å²) in [7, 11) is -3.76. The first-order chi connectivity index (χ1) is 9.90. The van der Waals surface area contributed by atoms with E-state index in [-0.39, 0.29) is 10.8 Å². The van der Waals surface area contributed by atoms with E-state index in [4.69, 9.17) is 5.26 Å². The summed E-state index contributed by atoms with van der Waals surface area (Å²) in [6, 6.07) is 9.27. The number of hydrogen-bond acceptors (Lipinski definition) is 6. The van der Waals surface area contributed by atoms with Crippen molar-refractivity contribution in [3.05, 3.63) is 47.3 Å². The zero-order chi connectivity index (χ0) is 15.5. The molecule has 0 aliphatic heterocycles. The van der Waals surface area contributed by atoms with Gasteiger partial charge in [0, 0.05) is 11.4 Å². The molecule has 0 saturated carbocycles. The number of rotatable bonds is 4. The highest BCUT2D eigenvalue weighted by Gasteiger charge is 2.14. The predicted octanol–water partition coefficient (Wildman–Crippen LogP) is 1.27. The van der Waals surface area contributed by atoms with Gasteiger partial charge in [-0.25, -0.2) is 18.4 Å². The van der Waals surface area contributed by atoms with E-state index in [1.807, 2.05) is 6.07 Å². The Morgan fingerprint density at radius 1 is 1.10 bits per heavy atom. The molecule has 0 atom stereocenters. The van der Waals surface area contributed by atoms with Crippen molar-refractivity contribution in [2.45, 2.75) is 18.7 Å². The molecule has 0 unspecified atom stereocenters. The number of anilines is 1. The fourth-order valence-corrected chi connectivity index (χ4v) is 2.50. The van der Waals surface area contributed by atoms with E-state index < -0.39 is 10.0 Å². The van der Waals surface area contributed by atoms with Gasteiger partial charge in [0.2, 0.25) is 5.95 Å². The molecule has 0 fully saturated rings. The van der Waals surface area contributed by atoms with Gasteiger partial charge in [-0.1, -0.05) is 0 Å². The Kier molecular flexibility index (Phi) is 4.16. The predicted molar refractivity (Wildman–Crippen MR) is 76.6 cm³/mol. The number of hydrogen-bond donors (Lipinski definition) is 2. The lowest BCUT2D eigenvalue weighted by atomic mass is 10.2. The summed E-state index contributed by atoms with van der Waals surface area (Å²) in [6.45, 7) is 3.57. The maximum absolute atomic E-state index is 12.1. The topological polar surface area (TPSA) is 108 Å². The summed E-state index contributed by atoms with van der Waals surface area (Å²) in [5.41, 5.74) is 4.31. The molecule has 7 nitrogen and oxygen atoms in total. The van der Waals surface area contributed by atoms with Crippen molar-refractivity contribution in [2.75, 3.05) is 5.43 Å². The lowest BCUT2D eigenvalue weighted by Gasteiger charge is -2.09. The average Bonchev–Trinajstić information content (AvgIpc) is 2.44. The fraction of sp³-hybridized carbons (Fsp3) is 0.154. The van der Waals surface area contributed by atoms with E-state index in [9.17, 15) is 8.42 Å². The van der Waals surface area contributed by atoms with E-state index in [1.165, 1.54) is 24.3 Å². The van der Waals surface area contributed by atoms with E-state index in [1.54, 1.807) is 19.9 Å². The molecular weight excluding hydrogens is 290 g/mol. The van der Waals surface area contributed by atoms with Crippen LogP contribution in [0.3, 0.4) is 0 Å². The second-order valence-corrected chi connectivity index (χ2v) is 6.02. The number of aromatic nitrogens is 2. The van der Waals surface area contributed by atoms with Gasteiger partial charge in [-0.05, 0) is 44.2 Å². The quantitative estimate of drug-likeness (QED) is 0.823. The Labute approximate surface area is 122 Å². The summed E-state index contributed by atoms with van der Waals surface area (Å²) in [5.74, 6) is 0.171. The van der Waals surface area contributed by atoms with Gasteiger partial charge >= 0.3 is 0 Å². The molecule has 0 aliphatic carbocycles. The Morgan fingerprint density at radius 2 is 1.67 bits per heavy atom. The third kappa shape index (κ3) is 3.75. The van der Waals surface area contributed by atoms with Crippen LogP contribution in [0.15, 0.2) is 35.2 Å². The second kappa shape index (κ2) is 5.87. The monoisotopic (exact) mass is 303 g/mol. The van der Waals surface area contributed by atoms with Gasteiger partial charge in [-0.2, -0.15) is 5.26 Å². The second-order valence-electron chi connectivity index (χ2n) is 4.34. The molecule has 2 N–H and O–H groups in total. The highest BCUT2D eigenvalue weighted by molar-refractivity contribution is 7.89. The van der Waals surface area contributed by atoms with Crippen molar-refractivity contribution < 1.29 is 8.42 Å². The molecule has 8 heteroatoms. The molecular formula is C13H13N5O2S. The van der Waals surface area contributed by atoms with Crippen LogP contribution >= 0.6 is 0 Å². The van der Waals surface area contributed by atoms with Gasteiger partial charge in [0.25, 0.3) is 10.0 Å². The molecule has 1 aromatic heterocycles. The molecule has 21 heavy (non-hydrogen) atoms. The molecule has 1 heterocycles. The molecule has 0 amide bonds. The number of nitrogens with zero attached hydrogens (tertiary/aromatic N) is 3. The first kappa shape index (κ1) is 14.9. The van der Waals surface area contributed by atoms with Crippen LogP contribution in [0.2, 0.25) is 0 Å². The molecule has 1 aromatic carbocycles. The highest BCUT2D eigenvalue weighted by Crippen LogP contribution is 2.10. The summed E-state index contributed by atoms with van der Waals surface area (Å²) in [4.78, 5) is 10.4. The van der Waals surface area contributed by atoms with Crippen LogP contribution in [0, 0.1) is 25.2 Å². The third-order valence-electron chi connectivity index (χ3n) is 2.57. The first-order valence-corrected chi connectivity index (χ1v) is 7.49. The lowest BCUT2D eigenvalue weighted by Crippen LogP contribution is -2.30. The Hall–Kier alpha value is -2.50. The average molecular weight is 303 g/mol. The van der Waals surface area contributed by atoms with E-state index in [0.717, 1.165) is 11.4 Å². The van der Waals surface area contributed by atoms with E-state index in [0.29, 0.717) is 5.56 Å². The number of benzene rings is 1. The minimum absolute atomic E-state index is 0.0402. The van der Waals surface area contributed by atoms with Gasteiger partial charge in [0.1, 0.15) is 0 Å². The standard InChI is InChI=1S/C13H13N5O2S/c1-9-7-10(2)16-13(15-9)17-18-21(19,20)12-5-3-11(8-14)4-6-12/h3-7,18H,1-2H3,(H,15,16,17). The van der Waals surface area contributed by atoms with Crippen LogP contribution in [0.1, 0.15) is 17.0 Å². The zero-order valence-corrected chi connectivity index (χ0v) is 12.3. The minimum atomic E-state index is -3.76. The Balaban J connectivity index is 2.15. The first-order valence-electron chi connectivity index (χ1n) is 6.01. The summed E-state index contributed by atoms with van der Waals surface area (Å²) in [5, 5.41) is 8.69. The van der Waals surface area contributed by atoms with Crippen LogP contribution in [-0.4, -0.2) is 18.4 Å². The van der Waals surface area contributed by atoms with Gasteiger partial charge < -0.3 is 0 Å². The van der Waals surface area contributed by atoms with Gasteiger partial charge in [-0.15, -0.1) is 4.83 Å². The van der Waals surface area contributed by atoms with Crippen molar-refractivity contribution in [3.63, 3.8) is 0 Å². The molecule has 2 aromatic rings. The minimum Gasteiger partial charge on any atom is -0.276 e. The lowest BCUT2D eigenvalue weighted by molar-refractivity contribution is 0.587. The van der Waals surface area contributed by atoms with Crippen LogP contribution in [0.25, 0.3) is 0 Å². The van der Waals surface area contributed by atoms with Gasteiger partial charge in [0.15, 0.2) is 0 Å². The highest BCUT2D eigenvalue weighted by atomic mass is 32.2. The van der Waals surface area contributed by atoms with Crippen molar-refractivity contribution in [1.82, 2.24) is 14.8 Å². The van der Waals surface area contributed by atoms with Gasteiger partial charge in [-0.3, -0.25) is 5.43 Å². The molecule has 2 rings (SSSR count). The van der Waals surface area contributed by atoms with E-state index >= 15 is 0 Å². The van der Waals surface area contributed by atoms with Crippen LogP contribution in [0.5, 0.6) is 0 Å². The van der Waals surface area contributed by atoms with Crippen LogP contribution in [-0.2, 0) is 10.0 Å². The SMILES string of the molecule is Cc1cc(C)nc(NNS(=O)(=O)c2ccc(C#N)cc2)n1. The molecule has 0 bridgehead atoms. The molecule has 108 valence electrons. The van der Waals surface area contributed by atoms with Crippen molar-refractivity contribution in [2.24, 2.45) is 0 Å². The summed E-state index contributed by atoms with van der Waals surface area (Å²) in [6.07, 6.45) is 0. The molecule has 0 saturated heterocycles. The maximum atomic E-state index is 12.1. The molecule has 0 spiro atoms. The maximum Gasteiger partial charge on any atom is 0.257 e. The Morgan fingerprint density at radius 3 is 2.19 bits per heavy atom. The number of nitrogens with one attached hydrogen (secondary N) is 2. The Bertz CT molecular complexity index is 774. The number of nitriles is 1.